The molecule has 1 fully saturated rings. The summed E-state index contributed by atoms with van der Waals surface area (Å²) in [5.74, 6) is -1.28. The number of carbonyl (C=O) groups is 2. The third-order valence-corrected chi connectivity index (χ3v) is 8.14. The van der Waals surface area contributed by atoms with Crippen LogP contribution in [-0.2, 0) is 41.8 Å². The SMILES string of the molecule is CCCCCCCC(=O)OC[C@H](COP(=O)([O-])O[C@@H]1[C@H](O)[C@H](OP(=O)([O-])O)[C@@H](O)[C@H](O)[C@H]1O)OC(=O)CCCCCCC.[NH4+].[NH4+]. The Morgan fingerprint density at radius 3 is 1.64 bits per heavy atom. The molecule has 0 spiro atoms. The van der Waals surface area contributed by atoms with Crippen LogP contribution in [0.4, 0.5) is 0 Å². The lowest BCUT2D eigenvalue weighted by molar-refractivity contribution is -0.271. The van der Waals surface area contributed by atoms with E-state index in [0.717, 1.165) is 51.4 Å². The van der Waals surface area contributed by atoms with E-state index in [0.29, 0.717) is 12.8 Å². The van der Waals surface area contributed by atoms with Crippen molar-refractivity contribution < 1.29 is 76.9 Å². The van der Waals surface area contributed by atoms with Crippen molar-refractivity contribution in [1.29, 1.82) is 0 Å². The lowest BCUT2D eigenvalue weighted by atomic mass is 9.85. The normalized spacial score (nSPS) is 26.3. The van der Waals surface area contributed by atoms with Crippen LogP contribution in [-0.4, -0.2) is 93.2 Å². The summed E-state index contributed by atoms with van der Waals surface area (Å²) in [6, 6.07) is 0. The monoisotopic (exact) mass is 700 g/mol. The number of aliphatic hydroxyl groups is 4. The van der Waals surface area contributed by atoms with Gasteiger partial charge in [0.15, 0.2) is 6.10 Å². The Morgan fingerprint density at radius 1 is 0.689 bits per heavy atom. The molecule has 0 aliphatic heterocycles. The summed E-state index contributed by atoms with van der Waals surface area (Å²) < 4.78 is 47.6. The third-order valence-electron chi connectivity index (χ3n) is 6.67. The summed E-state index contributed by atoms with van der Waals surface area (Å²) in [6.45, 7) is 2.65. The molecule has 0 bridgehead atoms. The first-order chi connectivity index (χ1) is 20.1. The van der Waals surface area contributed by atoms with Crippen molar-refractivity contribution in [3.05, 3.63) is 0 Å². The molecule has 1 aliphatic rings. The van der Waals surface area contributed by atoms with Gasteiger partial charge in [-0.25, -0.2) is 0 Å². The number of hydrogen-bond donors (Lipinski definition) is 7. The van der Waals surface area contributed by atoms with Gasteiger partial charge in [0.05, 0.1) is 6.61 Å². The van der Waals surface area contributed by atoms with Crippen LogP contribution < -0.4 is 22.1 Å². The fraction of sp³-hybridized carbons (Fsp3) is 0.920. The van der Waals surface area contributed by atoms with Crippen molar-refractivity contribution in [3.63, 3.8) is 0 Å². The van der Waals surface area contributed by atoms with E-state index >= 15 is 0 Å². The number of phosphoric ester groups is 2. The lowest BCUT2D eigenvalue weighted by Gasteiger charge is -2.45. The molecule has 45 heavy (non-hydrogen) atoms. The van der Waals surface area contributed by atoms with Crippen LogP contribution in [0, 0.1) is 0 Å². The van der Waals surface area contributed by atoms with Gasteiger partial charge < -0.3 is 70.5 Å². The van der Waals surface area contributed by atoms with Gasteiger partial charge in [0, 0.05) is 12.8 Å². The fourth-order valence-corrected chi connectivity index (χ4v) is 5.82. The highest BCUT2D eigenvalue weighted by molar-refractivity contribution is 7.46. The van der Waals surface area contributed by atoms with Gasteiger partial charge in [-0.2, -0.15) is 0 Å². The average molecular weight is 701 g/mol. The minimum Gasteiger partial charge on any atom is -0.756 e. The third kappa shape index (κ3) is 18.7. The summed E-state index contributed by atoms with van der Waals surface area (Å²) in [5, 5.41) is 40.4. The average Bonchev–Trinajstić information content (AvgIpc) is 2.93. The maximum atomic E-state index is 12.6. The predicted octanol–water partition coefficient (Wildman–Crippen LogP) is 1.09. The molecule has 0 amide bonds. The van der Waals surface area contributed by atoms with Gasteiger partial charge in [-0.05, 0) is 12.8 Å². The highest BCUT2D eigenvalue weighted by atomic mass is 31.2. The molecule has 0 aromatic heterocycles. The summed E-state index contributed by atoms with van der Waals surface area (Å²) >= 11 is 0. The van der Waals surface area contributed by atoms with Gasteiger partial charge in [-0.15, -0.1) is 0 Å². The zero-order chi connectivity index (χ0) is 32.6. The number of ether oxygens (including phenoxy) is 2. The van der Waals surface area contributed by atoms with Crippen LogP contribution in [0.3, 0.4) is 0 Å². The van der Waals surface area contributed by atoms with E-state index in [2.05, 4.69) is 16.0 Å². The van der Waals surface area contributed by atoms with Crippen molar-refractivity contribution >= 4 is 27.6 Å². The number of esters is 2. The second kappa shape index (κ2) is 23.3. The molecule has 0 saturated heterocycles. The molecule has 13 N–H and O–H groups in total. The number of carbonyl (C=O) groups excluding carboxylic acids is 2. The van der Waals surface area contributed by atoms with E-state index in [1.807, 2.05) is 6.92 Å². The Labute approximate surface area is 263 Å². The van der Waals surface area contributed by atoms with Crippen molar-refractivity contribution in [2.75, 3.05) is 13.2 Å². The Hall–Kier alpha value is -1.08. The smallest absolute Gasteiger partial charge is 0.306 e. The van der Waals surface area contributed by atoms with E-state index < -0.39 is 83.5 Å². The Morgan fingerprint density at radius 2 is 1.16 bits per heavy atom. The standard InChI is InChI=1S/C25H48O16P2.2H3N/c1-3-5-7-9-11-13-18(26)37-15-17(39-19(27)14-12-10-8-6-4-2)16-38-43(35,36)41-25-22(30)20(28)21(29)24(23(25)31)40-42(32,33)34;;/h17,20-25,28-31H,3-16H2,1-2H3,(H,35,36)(H2,32,33,34);2*1H3/t17-,20+,21+,22-,23-,24-,25+;;/m1../s1. The maximum Gasteiger partial charge on any atom is 0.306 e. The molecule has 1 rings (SSSR count). The van der Waals surface area contributed by atoms with E-state index in [4.69, 9.17) is 18.9 Å². The molecular formula is C25H54N2O16P2. The van der Waals surface area contributed by atoms with Crippen molar-refractivity contribution in [1.82, 2.24) is 12.3 Å². The quantitative estimate of drug-likeness (QED) is 0.0472. The minimum atomic E-state index is -5.60. The number of aliphatic hydroxyl groups excluding tert-OH is 4. The Kier molecular flexibility index (Phi) is 23.8. The van der Waals surface area contributed by atoms with Crippen molar-refractivity contribution in [3.8, 4) is 0 Å². The summed E-state index contributed by atoms with van der Waals surface area (Å²) in [4.78, 5) is 57.1. The van der Waals surface area contributed by atoms with Crippen LogP contribution in [0.1, 0.15) is 90.9 Å². The molecule has 0 heterocycles. The second-order valence-electron chi connectivity index (χ2n) is 10.4. The molecule has 2 unspecified atom stereocenters. The van der Waals surface area contributed by atoms with E-state index in [9.17, 15) is 48.9 Å². The first-order valence-corrected chi connectivity index (χ1v) is 17.5. The lowest BCUT2D eigenvalue weighted by Crippen LogP contribution is -2.64. The highest BCUT2D eigenvalue weighted by Crippen LogP contribution is 2.45. The van der Waals surface area contributed by atoms with E-state index in [1.54, 1.807) is 0 Å². The summed E-state index contributed by atoms with van der Waals surface area (Å²) in [6.07, 6.45) is -6.45. The molecule has 1 saturated carbocycles. The van der Waals surface area contributed by atoms with Crippen LogP contribution in [0.15, 0.2) is 0 Å². The molecule has 0 radical (unpaired) electrons. The van der Waals surface area contributed by atoms with Crippen LogP contribution >= 0.6 is 15.6 Å². The van der Waals surface area contributed by atoms with Gasteiger partial charge in [0.25, 0.3) is 15.6 Å². The Balaban J connectivity index is 0. The van der Waals surface area contributed by atoms with Crippen LogP contribution in [0.25, 0.3) is 0 Å². The molecular weight excluding hydrogens is 646 g/mol. The zero-order valence-electron chi connectivity index (χ0n) is 26.6. The predicted molar refractivity (Wildman–Crippen MR) is 157 cm³/mol. The molecule has 20 heteroatoms. The maximum absolute atomic E-state index is 12.6. The molecule has 0 aromatic carbocycles. The van der Waals surface area contributed by atoms with Crippen LogP contribution in [0.5, 0.6) is 0 Å². The molecule has 18 nitrogen and oxygen atoms in total. The molecule has 0 aromatic rings. The topological polar surface area (TPSA) is 335 Å². The number of unbranched alkanes of at least 4 members (excludes halogenated alkanes) is 8. The summed E-state index contributed by atoms with van der Waals surface area (Å²) in [5.41, 5.74) is 0. The number of phosphoric acid groups is 2. The Bertz CT molecular complexity index is 926. The zero-order valence-corrected chi connectivity index (χ0v) is 28.4. The van der Waals surface area contributed by atoms with Crippen molar-refractivity contribution in [2.24, 2.45) is 0 Å². The number of rotatable bonds is 22. The van der Waals surface area contributed by atoms with Gasteiger partial charge in [0.1, 0.15) is 43.2 Å². The van der Waals surface area contributed by atoms with E-state index in [-0.39, 0.29) is 25.1 Å². The summed E-state index contributed by atoms with van der Waals surface area (Å²) in [7, 11) is -11.1. The molecule has 9 atom stereocenters. The second-order valence-corrected chi connectivity index (χ2v) is 12.9. The minimum absolute atomic E-state index is 0. The van der Waals surface area contributed by atoms with Gasteiger partial charge >= 0.3 is 11.9 Å². The number of quaternary nitrogens is 2. The van der Waals surface area contributed by atoms with Gasteiger partial charge in [-0.3, -0.25) is 18.7 Å². The first kappa shape index (κ1) is 46.0. The highest BCUT2D eigenvalue weighted by Gasteiger charge is 2.52. The molecule has 270 valence electrons. The largest absolute Gasteiger partial charge is 0.756 e. The van der Waals surface area contributed by atoms with Gasteiger partial charge in [0.2, 0.25) is 0 Å². The first-order valence-electron chi connectivity index (χ1n) is 14.5. The number of hydrogen-bond acceptors (Lipinski definition) is 15. The van der Waals surface area contributed by atoms with Crippen LogP contribution in [0.2, 0.25) is 0 Å². The molecule has 1 aliphatic carbocycles. The van der Waals surface area contributed by atoms with Gasteiger partial charge in [-0.1, -0.05) is 65.2 Å². The fourth-order valence-electron chi connectivity index (χ4n) is 4.30. The van der Waals surface area contributed by atoms with Crippen molar-refractivity contribution in [2.45, 2.75) is 134 Å². The van der Waals surface area contributed by atoms with E-state index in [1.165, 1.54) is 0 Å².